The van der Waals surface area contributed by atoms with Gasteiger partial charge in [0, 0.05) is 18.1 Å². The SMILES string of the molecule is CCNC(=NCC(O)c1ccc(OC)c(OC)c1)NCCc1ccccc1Cl.I. The van der Waals surface area contributed by atoms with E-state index < -0.39 is 6.10 Å². The summed E-state index contributed by atoms with van der Waals surface area (Å²) in [6.07, 6.45) is 0.0290. The molecule has 1 atom stereocenters. The quantitative estimate of drug-likeness (QED) is 0.260. The van der Waals surface area contributed by atoms with Crippen LogP contribution in [-0.2, 0) is 6.42 Å². The molecule has 0 aliphatic heterocycles. The zero-order valence-electron chi connectivity index (χ0n) is 16.9. The van der Waals surface area contributed by atoms with Gasteiger partial charge in [-0.15, -0.1) is 24.0 Å². The molecule has 0 spiro atoms. The van der Waals surface area contributed by atoms with E-state index in [1.807, 2.05) is 31.2 Å². The molecule has 1 unspecified atom stereocenters. The molecular formula is C21H29ClIN3O3. The molecule has 0 fully saturated rings. The van der Waals surface area contributed by atoms with Gasteiger partial charge in [-0.05, 0) is 42.7 Å². The summed E-state index contributed by atoms with van der Waals surface area (Å²) in [5.41, 5.74) is 1.80. The van der Waals surface area contributed by atoms with Crippen molar-refractivity contribution in [3.8, 4) is 11.5 Å². The Kier molecular flexibility index (Phi) is 11.8. The predicted octanol–water partition coefficient (Wildman–Crippen LogP) is 3.81. The minimum absolute atomic E-state index is 0. The molecule has 2 rings (SSSR count). The van der Waals surface area contributed by atoms with Gasteiger partial charge in [0.15, 0.2) is 17.5 Å². The first-order chi connectivity index (χ1) is 13.6. The largest absolute Gasteiger partial charge is 0.493 e. The first-order valence-corrected chi connectivity index (χ1v) is 9.62. The molecule has 6 nitrogen and oxygen atoms in total. The van der Waals surface area contributed by atoms with Gasteiger partial charge in [-0.3, -0.25) is 4.99 Å². The second kappa shape index (κ2) is 13.5. The Morgan fingerprint density at radius 2 is 1.83 bits per heavy atom. The van der Waals surface area contributed by atoms with E-state index in [1.54, 1.807) is 32.4 Å². The molecule has 0 saturated carbocycles. The zero-order valence-corrected chi connectivity index (χ0v) is 20.0. The van der Waals surface area contributed by atoms with E-state index in [0.29, 0.717) is 29.6 Å². The van der Waals surface area contributed by atoms with Crippen molar-refractivity contribution in [3.63, 3.8) is 0 Å². The Morgan fingerprint density at radius 3 is 2.48 bits per heavy atom. The summed E-state index contributed by atoms with van der Waals surface area (Å²) in [4.78, 5) is 4.48. The highest BCUT2D eigenvalue weighted by Crippen LogP contribution is 2.30. The molecule has 3 N–H and O–H groups in total. The van der Waals surface area contributed by atoms with Gasteiger partial charge in [0.2, 0.25) is 0 Å². The van der Waals surface area contributed by atoms with Crippen LogP contribution in [0.3, 0.4) is 0 Å². The van der Waals surface area contributed by atoms with Gasteiger partial charge in [0.05, 0.1) is 26.9 Å². The van der Waals surface area contributed by atoms with Crippen molar-refractivity contribution in [2.24, 2.45) is 4.99 Å². The Balaban J connectivity index is 0.00000420. The number of hydrogen-bond donors (Lipinski definition) is 3. The number of ether oxygens (including phenoxy) is 2. The van der Waals surface area contributed by atoms with E-state index in [4.69, 9.17) is 21.1 Å². The summed E-state index contributed by atoms with van der Waals surface area (Å²) >= 11 is 6.19. The van der Waals surface area contributed by atoms with Crippen LogP contribution in [0.2, 0.25) is 5.02 Å². The Labute approximate surface area is 194 Å². The second-order valence-corrected chi connectivity index (χ2v) is 6.53. The number of methoxy groups -OCH3 is 2. The third-order valence-corrected chi connectivity index (χ3v) is 4.57. The summed E-state index contributed by atoms with van der Waals surface area (Å²) in [5.74, 6) is 1.85. The van der Waals surface area contributed by atoms with Crippen molar-refractivity contribution in [1.82, 2.24) is 10.6 Å². The van der Waals surface area contributed by atoms with Gasteiger partial charge in [0.1, 0.15) is 0 Å². The van der Waals surface area contributed by atoms with E-state index >= 15 is 0 Å². The summed E-state index contributed by atoms with van der Waals surface area (Å²) in [5, 5.41) is 17.7. The van der Waals surface area contributed by atoms with Crippen LogP contribution in [0.1, 0.15) is 24.2 Å². The fourth-order valence-corrected chi connectivity index (χ4v) is 2.93. The van der Waals surface area contributed by atoms with Crippen LogP contribution in [0.15, 0.2) is 47.5 Å². The van der Waals surface area contributed by atoms with Gasteiger partial charge in [-0.25, -0.2) is 0 Å². The van der Waals surface area contributed by atoms with Gasteiger partial charge < -0.3 is 25.2 Å². The average Bonchev–Trinajstić information content (AvgIpc) is 2.72. The first-order valence-electron chi connectivity index (χ1n) is 9.24. The number of aliphatic hydroxyl groups is 1. The summed E-state index contributed by atoms with van der Waals surface area (Å²) < 4.78 is 10.5. The van der Waals surface area contributed by atoms with Crippen LogP contribution in [0.5, 0.6) is 11.5 Å². The molecule has 0 saturated heterocycles. The van der Waals surface area contributed by atoms with Crippen molar-refractivity contribution < 1.29 is 14.6 Å². The highest BCUT2D eigenvalue weighted by atomic mass is 127. The van der Waals surface area contributed by atoms with E-state index in [-0.39, 0.29) is 30.5 Å². The molecule has 0 aliphatic rings. The number of benzene rings is 2. The topological polar surface area (TPSA) is 75.1 Å². The minimum atomic E-state index is -0.751. The molecule has 0 bridgehead atoms. The number of nitrogens with one attached hydrogen (secondary N) is 2. The summed E-state index contributed by atoms with van der Waals surface area (Å²) in [6, 6.07) is 13.1. The number of nitrogens with zero attached hydrogens (tertiary/aromatic N) is 1. The molecule has 29 heavy (non-hydrogen) atoms. The van der Waals surface area contributed by atoms with Crippen molar-refractivity contribution in [1.29, 1.82) is 0 Å². The number of aliphatic hydroxyl groups excluding tert-OH is 1. The van der Waals surface area contributed by atoms with Crippen LogP contribution < -0.4 is 20.1 Å². The number of guanidine groups is 1. The molecule has 2 aromatic rings. The maximum absolute atomic E-state index is 10.5. The summed E-state index contributed by atoms with van der Waals surface area (Å²) in [6.45, 7) is 3.62. The maximum atomic E-state index is 10.5. The molecule has 0 aromatic heterocycles. The van der Waals surface area contributed by atoms with Gasteiger partial charge >= 0.3 is 0 Å². The molecule has 2 aromatic carbocycles. The zero-order chi connectivity index (χ0) is 20.4. The third kappa shape index (κ3) is 7.91. The van der Waals surface area contributed by atoms with Gasteiger partial charge in [-0.1, -0.05) is 35.9 Å². The van der Waals surface area contributed by atoms with Crippen molar-refractivity contribution >= 4 is 41.5 Å². The lowest BCUT2D eigenvalue weighted by atomic mass is 10.1. The highest BCUT2D eigenvalue weighted by Gasteiger charge is 2.12. The normalized spacial score (nSPS) is 12.0. The Hall–Kier alpha value is -1.71. The summed E-state index contributed by atoms with van der Waals surface area (Å²) in [7, 11) is 3.15. The smallest absolute Gasteiger partial charge is 0.191 e. The standard InChI is InChI=1S/C21H28ClN3O3.HI/c1-4-23-21(24-12-11-15-7-5-6-8-17(15)22)25-14-18(26)16-9-10-19(27-2)20(13-16)28-3;/h5-10,13,18,26H,4,11-12,14H2,1-3H3,(H2,23,24,25);1H. The number of aliphatic imine (C=N–C) groups is 1. The fraction of sp³-hybridized carbons (Fsp3) is 0.381. The van der Waals surface area contributed by atoms with Crippen LogP contribution >= 0.6 is 35.6 Å². The second-order valence-electron chi connectivity index (χ2n) is 6.12. The highest BCUT2D eigenvalue weighted by molar-refractivity contribution is 14.0. The average molecular weight is 534 g/mol. The lowest BCUT2D eigenvalue weighted by Gasteiger charge is -2.15. The van der Waals surface area contributed by atoms with E-state index in [1.165, 1.54) is 0 Å². The van der Waals surface area contributed by atoms with E-state index in [9.17, 15) is 5.11 Å². The monoisotopic (exact) mass is 533 g/mol. The minimum Gasteiger partial charge on any atom is -0.493 e. The third-order valence-electron chi connectivity index (χ3n) is 4.20. The number of halogens is 2. The fourth-order valence-electron chi connectivity index (χ4n) is 2.70. The van der Waals surface area contributed by atoms with Crippen LogP contribution in [0, 0.1) is 0 Å². The Morgan fingerprint density at radius 1 is 1.10 bits per heavy atom. The molecule has 0 aliphatic carbocycles. The Bertz CT molecular complexity index is 790. The van der Waals surface area contributed by atoms with Gasteiger partial charge in [0.25, 0.3) is 0 Å². The predicted molar refractivity (Wildman–Crippen MR) is 129 cm³/mol. The molecule has 8 heteroatoms. The molecular weight excluding hydrogens is 505 g/mol. The van der Waals surface area contributed by atoms with Crippen molar-refractivity contribution in [2.45, 2.75) is 19.4 Å². The van der Waals surface area contributed by atoms with Gasteiger partial charge in [-0.2, -0.15) is 0 Å². The number of rotatable bonds is 9. The van der Waals surface area contributed by atoms with Crippen LogP contribution in [0.25, 0.3) is 0 Å². The van der Waals surface area contributed by atoms with E-state index in [0.717, 1.165) is 23.6 Å². The van der Waals surface area contributed by atoms with Crippen LogP contribution in [-0.4, -0.2) is 44.9 Å². The molecule has 0 radical (unpaired) electrons. The van der Waals surface area contributed by atoms with Crippen LogP contribution in [0.4, 0.5) is 0 Å². The van der Waals surface area contributed by atoms with Crippen molar-refractivity contribution in [2.75, 3.05) is 33.9 Å². The maximum Gasteiger partial charge on any atom is 0.191 e. The molecule has 160 valence electrons. The molecule has 0 heterocycles. The van der Waals surface area contributed by atoms with E-state index in [2.05, 4.69) is 15.6 Å². The first kappa shape index (κ1) is 25.3. The lowest BCUT2D eigenvalue weighted by molar-refractivity contribution is 0.186. The lowest BCUT2D eigenvalue weighted by Crippen LogP contribution is -2.38. The van der Waals surface area contributed by atoms with Crippen molar-refractivity contribution in [3.05, 3.63) is 58.6 Å². The molecule has 0 amide bonds. The number of hydrogen-bond acceptors (Lipinski definition) is 4.